The van der Waals surface area contributed by atoms with Gasteiger partial charge in [0.2, 0.25) is 5.91 Å². The Hall–Kier alpha value is -3.95. The largest absolute Gasteiger partial charge is 0.494 e. The maximum Gasteiger partial charge on any atom is 0.265 e. The molecule has 164 valence electrons. The maximum atomic E-state index is 13.6. The third kappa shape index (κ3) is 4.50. The highest BCUT2D eigenvalue weighted by Gasteiger charge is 2.38. The van der Waals surface area contributed by atoms with Gasteiger partial charge in [0.1, 0.15) is 5.75 Å². The maximum absolute atomic E-state index is 13.6. The summed E-state index contributed by atoms with van der Waals surface area (Å²) < 4.78 is 5.73. The number of halogens is 1. The highest BCUT2D eigenvalue weighted by molar-refractivity contribution is 6.38. The number of nitriles is 1. The summed E-state index contributed by atoms with van der Waals surface area (Å²) in [7, 11) is 0. The van der Waals surface area contributed by atoms with Crippen molar-refractivity contribution < 1.29 is 14.3 Å². The third-order valence-corrected chi connectivity index (χ3v) is 5.44. The van der Waals surface area contributed by atoms with Gasteiger partial charge in [-0.3, -0.25) is 14.6 Å². The molecular weight excluding hydrogens is 438 g/mol. The van der Waals surface area contributed by atoms with Crippen LogP contribution in [0.5, 0.6) is 5.75 Å². The number of imide groups is 1. The molecule has 0 N–H and O–H groups in total. The van der Waals surface area contributed by atoms with E-state index in [0.717, 1.165) is 11.3 Å². The number of ether oxygens (including phenoxy) is 1. The fourth-order valence-electron chi connectivity index (χ4n) is 3.73. The lowest BCUT2D eigenvalue weighted by atomic mass is 9.87. The van der Waals surface area contributed by atoms with Crippen LogP contribution in [0.25, 0.3) is 5.57 Å². The first-order valence-electron chi connectivity index (χ1n) is 10.5. The SMILES string of the molecule is CCCOc1cc(Cl)cc(C2C=C(c3ccccc3C#N)C(=O)N(c3cccnc3)C2=O)c1. The van der Waals surface area contributed by atoms with Crippen LogP contribution in [0.1, 0.15) is 36.0 Å². The Morgan fingerprint density at radius 2 is 1.97 bits per heavy atom. The van der Waals surface area contributed by atoms with Crippen LogP contribution in [0.4, 0.5) is 5.69 Å². The molecule has 2 heterocycles. The molecule has 0 spiro atoms. The molecule has 0 aliphatic carbocycles. The van der Waals surface area contributed by atoms with Crippen LogP contribution < -0.4 is 9.64 Å². The monoisotopic (exact) mass is 457 g/mol. The van der Waals surface area contributed by atoms with E-state index in [1.165, 1.54) is 6.20 Å². The van der Waals surface area contributed by atoms with E-state index < -0.39 is 17.7 Å². The fraction of sp³-hybridized carbons (Fsp3) is 0.154. The van der Waals surface area contributed by atoms with E-state index >= 15 is 0 Å². The van der Waals surface area contributed by atoms with Crippen molar-refractivity contribution in [1.29, 1.82) is 5.26 Å². The van der Waals surface area contributed by atoms with E-state index in [0.29, 0.717) is 39.8 Å². The smallest absolute Gasteiger partial charge is 0.265 e. The first-order chi connectivity index (χ1) is 16.0. The topological polar surface area (TPSA) is 83.3 Å². The standard InChI is InChI=1S/C26H20ClN3O3/c1-2-10-33-21-12-18(11-19(27)13-21)23-14-24(22-8-4-3-6-17(22)15-28)26(32)30(25(23)31)20-7-5-9-29-16-20/h3-9,11-14,16,23H,2,10H2,1H3. The van der Waals surface area contributed by atoms with Gasteiger partial charge in [0.15, 0.2) is 0 Å². The summed E-state index contributed by atoms with van der Waals surface area (Å²) >= 11 is 6.33. The van der Waals surface area contributed by atoms with Crippen LogP contribution in [0.15, 0.2) is 73.1 Å². The molecule has 0 saturated heterocycles. The van der Waals surface area contributed by atoms with Crippen molar-refractivity contribution in [3.8, 4) is 11.8 Å². The van der Waals surface area contributed by atoms with Gasteiger partial charge in [-0.1, -0.05) is 42.8 Å². The number of aromatic nitrogens is 1. The third-order valence-electron chi connectivity index (χ3n) is 5.22. The summed E-state index contributed by atoms with van der Waals surface area (Å²) in [6, 6.07) is 17.4. The minimum Gasteiger partial charge on any atom is -0.494 e. The predicted octanol–water partition coefficient (Wildman–Crippen LogP) is 5.14. The summed E-state index contributed by atoms with van der Waals surface area (Å²) in [6.45, 7) is 2.50. The molecule has 1 aromatic heterocycles. The van der Waals surface area contributed by atoms with Crippen LogP contribution >= 0.6 is 11.6 Å². The van der Waals surface area contributed by atoms with Crippen LogP contribution in [-0.2, 0) is 9.59 Å². The van der Waals surface area contributed by atoms with Gasteiger partial charge in [0.25, 0.3) is 5.91 Å². The summed E-state index contributed by atoms with van der Waals surface area (Å²) in [4.78, 5) is 32.3. The fourth-order valence-corrected chi connectivity index (χ4v) is 3.96. The number of pyridine rings is 1. The van der Waals surface area contributed by atoms with E-state index in [9.17, 15) is 14.9 Å². The number of carbonyl (C=O) groups is 2. The zero-order chi connectivity index (χ0) is 23.4. The molecule has 7 heteroatoms. The minimum absolute atomic E-state index is 0.261. The second kappa shape index (κ2) is 9.68. The highest BCUT2D eigenvalue weighted by Crippen LogP contribution is 2.37. The summed E-state index contributed by atoms with van der Waals surface area (Å²) in [5.41, 5.74) is 2.00. The minimum atomic E-state index is -0.813. The molecule has 3 aromatic rings. The summed E-state index contributed by atoms with van der Waals surface area (Å²) in [6.07, 6.45) is 5.45. The molecule has 0 saturated carbocycles. The molecule has 1 unspecified atom stereocenters. The lowest BCUT2D eigenvalue weighted by Crippen LogP contribution is -2.43. The van der Waals surface area contributed by atoms with Crippen LogP contribution in [-0.4, -0.2) is 23.4 Å². The quantitative estimate of drug-likeness (QED) is 0.479. The van der Waals surface area contributed by atoms with Crippen LogP contribution in [0.2, 0.25) is 5.02 Å². The normalized spacial score (nSPS) is 15.7. The second-order valence-corrected chi connectivity index (χ2v) is 7.91. The van der Waals surface area contributed by atoms with Gasteiger partial charge >= 0.3 is 0 Å². The van der Waals surface area contributed by atoms with E-state index in [-0.39, 0.29) is 5.57 Å². The summed E-state index contributed by atoms with van der Waals surface area (Å²) in [5.74, 6) is -1.22. The number of carbonyl (C=O) groups excluding carboxylic acids is 2. The number of nitrogens with zero attached hydrogens (tertiary/aromatic N) is 3. The molecule has 4 rings (SSSR count). The predicted molar refractivity (Wildman–Crippen MR) is 126 cm³/mol. The molecule has 6 nitrogen and oxygen atoms in total. The molecule has 1 aliphatic heterocycles. The molecule has 0 radical (unpaired) electrons. The van der Waals surface area contributed by atoms with E-state index in [1.54, 1.807) is 66.9 Å². The first-order valence-corrected chi connectivity index (χ1v) is 10.8. The van der Waals surface area contributed by atoms with Gasteiger partial charge in [0, 0.05) is 22.4 Å². The highest BCUT2D eigenvalue weighted by atomic mass is 35.5. The number of hydrogen-bond donors (Lipinski definition) is 0. The van der Waals surface area contributed by atoms with Crippen LogP contribution in [0.3, 0.4) is 0 Å². The van der Waals surface area contributed by atoms with Crippen molar-refractivity contribution in [3.63, 3.8) is 0 Å². The van der Waals surface area contributed by atoms with E-state index in [2.05, 4.69) is 11.1 Å². The Balaban J connectivity index is 1.89. The van der Waals surface area contributed by atoms with Gasteiger partial charge in [-0.2, -0.15) is 5.26 Å². The molecule has 1 aliphatic rings. The Labute approximate surface area is 196 Å². The Bertz CT molecular complexity index is 1280. The Morgan fingerprint density at radius 1 is 1.15 bits per heavy atom. The van der Waals surface area contributed by atoms with Crippen molar-refractivity contribution in [2.75, 3.05) is 11.5 Å². The Kier molecular flexibility index (Phi) is 6.53. The van der Waals surface area contributed by atoms with Gasteiger partial charge < -0.3 is 4.74 Å². The zero-order valence-electron chi connectivity index (χ0n) is 17.9. The summed E-state index contributed by atoms with van der Waals surface area (Å²) in [5, 5.41) is 10.0. The van der Waals surface area contributed by atoms with E-state index in [4.69, 9.17) is 16.3 Å². The second-order valence-electron chi connectivity index (χ2n) is 7.47. The molecule has 1 atom stereocenters. The molecular formula is C26H20ClN3O3. The number of benzene rings is 2. The van der Waals surface area contributed by atoms with Crippen molar-refractivity contribution >= 4 is 34.7 Å². The molecule has 2 amide bonds. The lowest BCUT2D eigenvalue weighted by molar-refractivity contribution is -0.124. The van der Waals surface area contributed by atoms with Gasteiger partial charge in [-0.05, 0) is 48.4 Å². The average Bonchev–Trinajstić information content (AvgIpc) is 2.83. The van der Waals surface area contributed by atoms with Crippen molar-refractivity contribution in [2.45, 2.75) is 19.3 Å². The molecule has 0 fully saturated rings. The van der Waals surface area contributed by atoms with Crippen molar-refractivity contribution in [3.05, 3.63) is 94.8 Å². The van der Waals surface area contributed by atoms with Crippen LogP contribution in [0, 0.1) is 11.3 Å². The van der Waals surface area contributed by atoms with Gasteiger partial charge in [-0.25, -0.2) is 4.90 Å². The zero-order valence-corrected chi connectivity index (χ0v) is 18.6. The molecule has 2 aromatic carbocycles. The molecule has 33 heavy (non-hydrogen) atoms. The van der Waals surface area contributed by atoms with Gasteiger partial charge in [0.05, 0.1) is 36.0 Å². The average molecular weight is 458 g/mol. The molecule has 0 bridgehead atoms. The van der Waals surface area contributed by atoms with Gasteiger partial charge in [-0.15, -0.1) is 0 Å². The lowest BCUT2D eigenvalue weighted by Gasteiger charge is -2.30. The van der Waals surface area contributed by atoms with Crippen molar-refractivity contribution in [1.82, 2.24) is 4.98 Å². The first kappa shape index (κ1) is 22.3. The van der Waals surface area contributed by atoms with E-state index in [1.807, 2.05) is 6.92 Å². The number of rotatable bonds is 6. The number of anilines is 1. The Morgan fingerprint density at radius 3 is 2.70 bits per heavy atom. The van der Waals surface area contributed by atoms with Crippen molar-refractivity contribution in [2.24, 2.45) is 0 Å². The number of amides is 2. The number of hydrogen-bond acceptors (Lipinski definition) is 5.